The Labute approximate surface area is 173 Å². The minimum atomic E-state index is -0.402. The smallest absolute Gasteiger partial charge is 0.336 e. The zero-order valence-electron chi connectivity index (χ0n) is 16.5. The van der Waals surface area contributed by atoms with Gasteiger partial charge in [-0.2, -0.15) is 0 Å². The number of quaternary nitrogens is 1. The molecule has 0 aliphatic rings. The first-order valence-electron chi connectivity index (χ1n) is 9.73. The second kappa shape index (κ2) is 8.23. The molecule has 0 bridgehead atoms. The summed E-state index contributed by atoms with van der Waals surface area (Å²) in [5, 5.41) is 14.9. The van der Waals surface area contributed by atoms with Gasteiger partial charge in [0.25, 0.3) is 0 Å². The number of rotatable bonds is 6. The highest BCUT2D eigenvalue weighted by atomic mass is 32.1. The Morgan fingerprint density at radius 2 is 1.79 bits per heavy atom. The van der Waals surface area contributed by atoms with E-state index in [2.05, 4.69) is 60.9 Å². The quantitative estimate of drug-likeness (QED) is 0.462. The lowest BCUT2D eigenvalue weighted by molar-refractivity contribution is -0.701. The monoisotopic (exact) mass is 406 g/mol. The lowest BCUT2D eigenvalue weighted by Gasteiger charge is -2.16. The molecule has 0 aliphatic carbocycles. The first-order valence-corrected chi connectivity index (χ1v) is 10.6. The molecule has 4 aromatic rings. The van der Waals surface area contributed by atoms with E-state index in [1.54, 1.807) is 29.5 Å². The van der Waals surface area contributed by atoms with Crippen LogP contribution in [0.3, 0.4) is 0 Å². The fourth-order valence-corrected chi connectivity index (χ4v) is 4.46. The van der Waals surface area contributed by atoms with Crippen molar-refractivity contribution in [1.82, 2.24) is 0 Å². The summed E-state index contributed by atoms with van der Waals surface area (Å²) in [6.45, 7) is 5.02. The summed E-state index contributed by atoms with van der Waals surface area (Å²) in [6.07, 6.45) is 0. The maximum atomic E-state index is 12.0. The van der Waals surface area contributed by atoms with Crippen LogP contribution in [0.25, 0.3) is 11.0 Å². The zero-order valence-corrected chi connectivity index (χ0v) is 17.3. The van der Waals surface area contributed by atoms with E-state index < -0.39 is 5.63 Å². The first-order chi connectivity index (χ1) is 14.0. The van der Waals surface area contributed by atoms with Gasteiger partial charge in [-0.3, -0.25) is 0 Å². The van der Waals surface area contributed by atoms with Crippen LogP contribution in [0.15, 0.2) is 75.3 Å². The number of benzene rings is 2. The van der Waals surface area contributed by atoms with Crippen molar-refractivity contribution in [2.75, 3.05) is 0 Å². The van der Waals surface area contributed by atoms with Gasteiger partial charge in [0.15, 0.2) is 0 Å². The fraction of sp³-hybridized carbons (Fsp3) is 0.208. The van der Waals surface area contributed by atoms with E-state index in [9.17, 15) is 9.90 Å². The molecular formula is C24H24NO3S+. The normalized spacial score (nSPS) is 12.5. The highest BCUT2D eigenvalue weighted by Gasteiger charge is 2.20. The molecule has 4 nitrogen and oxygen atoms in total. The molecule has 0 fully saturated rings. The third-order valence-electron chi connectivity index (χ3n) is 5.20. The number of hydrogen-bond acceptors (Lipinski definition) is 4. The van der Waals surface area contributed by atoms with Gasteiger partial charge < -0.3 is 14.8 Å². The van der Waals surface area contributed by atoms with Crippen LogP contribution in [0.5, 0.6) is 5.75 Å². The van der Waals surface area contributed by atoms with Crippen LogP contribution in [0.2, 0.25) is 0 Å². The molecule has 2 aromatic heterocycles. The number of fused-ring (bicyclic) bond motifs is 1. The Bertz CT molecular complexity index is 1160. The number of nitrogens with two attached hydrogens (primary N) is 1. The molecule has 0 radical (unpaired) electrons. The molecule has 4 rings (SSSR count). The predicted molar refractivity (Wildman–Crippen MR) is 116 cm³/mol. The van der Waals surface area contributed by atoms with Gasteiger partial charge in [-0.15, -0.1) is 11.3 Å². The van der Waals surface area contributed by atoms with Gasteiger partial charge >= 0.3 is 5.63 Å². The zero-order chi connectivity index (χ0) is 20.4. The summed E-state index contributed by atoms with van der Waals surface area (Å²) in [7, 11) is 0. The average molecular weight is 407 g/mol. The predicted octanol–water partition coefficient (Wildman–Crippen LogP) is 4.54. The molecule has 5 heteroatoms. The number of hydrogen-bond donors (Lipinski definition) is 2. The Hall–Kier alpha value is -2.89. The van der Waals surface area contributed by atoms with Crippen molar-refractivity contribution in [2.24, 2.45) is 0 Å². The Morgan fingerprint density at radius 1 is 1.03 bits per heavy atom. The van der Waals surface area contributed by atoms with Crippen LogP contribution in [0.4, 0.5) is 0 Å². The molecule has 29 heavy (non-hydrogen) atoms. The molecule has 148 valence electrons. The summed E-state index contributed by atoms with van der Waals surface area (Å²) in [6, 6.07) is 19.6. The molecule has 0 saturated carbocycles. The van der Waals surface area contributed by atoms with Crippen molar-refractivity contribution < 1.29 is 14.8 Å². The van der Waals surface area contributed by atoms with Crippen molar-refractivity contribution in [2.45, 2.75) is 32.4 Å². The van der Waals surface area contributed by atoms with Crippen molar-refractivity contribution in [3.63, 3.8) is 0 Å². The first kappa shape index (κ1) is 19.4. The number of phenolic OH excluding ortho intramolecular Hbond substituents is 1. The molecule has 0 spiro atoms. The summed E-state index contributed by atoms with van der Waals surface area (Å²) in [5.41, 5.74) is 3.47. The molecule has 0 aliphatic heterocycles. The standard InChI is InChI=1S/C24H23NO3S/c1-15(2)16-5-7-17(8-6-16)24(22-4-3-11-29-22)25-14-18-12-23(27)28-21-13-19(26)9-10-20(18)21/h3-13,15,24-26H,14H2,1-2H3/p+1/t24-/m0/s1. The van der Waals surface area contributed by atoms with Crippen molar-refractivity contribution in [1.29, 1.82) is 0 Å². The summed E-state index contributed by atoms with van der Waals surface area (Å²) < 4.78 is 5.25. The molecule has 1 atom stereocenters. The van der Waals surface area contributed by atoms with Crippen molar-refractivity contribution in [3.05, 3.63) is 98.0 Å². The highest BCUT2D eigenvalue weighted by molar-refractivity contribution is 7.10. The van der Waals surface area contributed by atoms with E-state index in [1.165, 1.54) is 22.1 Å². The lowest BCUT2D eigenvalue weighted by Crippen LogP contribution is -2.83. The van der Waals surface area contributed by atoms with Gasteiger partial charge in [0, 0.05) is 28.6 Å². The largest absolute Gasteiger partial charge is 0.508 e. The molecule has 2 aromatic carbocycles. The second-order valence-corrected chi connectivity index (χ2v) is 8.50. The molecule has 0 amide bonds. The molecule has 0 saturated heterocycles. The molecule has 3 N–H and O–H groups in total. The second-order valence-electron chi connectivity index (χ2n) is 7.53. The molecule has 0 unspecified atom stereocenters. The van der Waals surface area contributed by atoms with E-state index in [1.807, 2.05) is 0 Å². The number of phenols is 1. The van der Waals surface area contributed by atoms with Gasteiger partial charge in [0.05, 0.1) is 4.88 Å². The van der Waals surface area contributed by atoms with Gasteiger partial charge in [-0.1, -0.05) is 44.2 Å². The molecule has 2 heterocycles. The third kappa shape index (κ3) is 4.26. The summed E-state index contributed by atoms with van der Waals surface area (Å²) >= 11 is 1.74. The number of aromatic hydroxyl groups is 1. The van der Waals surface area contributed by atoms with Crippen LogP contribution in [0, 0.1) is 0 Å². The Morgan fingerprint density at radius 3 is 2.48 bits per heavy atom. The van der Waals surface area contributed by atoms with E-state index in [4.69, 9.17) is 4.42 Å². The Balaban J connectivity index is 1.66. The van der Waals surface area contributed by atoms with Crippen LogP contribution in [-0.2, 0) is 6.54 Å². The van der Waals surface area contributed by atoms with Crippen LogP contribution >= 0.6 is 11.3 Å². The van der Waals surface area contributed by atoms with Gasteiger partial charge in [-0.05, 0) is 35.1 Å². The van der Waals surface area contributed by atoms with Gasteiger partial charge in [0.2, 0.25) is 0 Å². The number of thiophene rings is 1. The fourth-order valence-electron chi connectivity index (χ4n) is 3.61. The van der Waals surface area contributed by atoms with E-state index in [0.717, 1.165) is 10.9 Å². The minimum absolute atomic E-state index is 0.0866. The summed E-state index contributed by atoms with van der Waals surface area (Å²) in [5.74, 6) is 0.586. The highest BCUT2D eigenvalue weighted by Crippen LogP contribution is 2.26. The van der Waals surface area contributed by atoms with Crippen molar-refractivity contribution >= 4 is 22.3 Å². The lowest BCUT2D eigenvalue weighted by atomic mass is 9.98. The van der Waals surface area contributed by atoms with Gasteiger partial charge in [-0.25, -0.2) is 4.79 Å². The van der Waals surface area contributed by atoms with Crippen molar-refractivity contribution in [3.8, 4) is 5.75 Å². The Kier molecular flexibility index (Phi) is 5.51. The topological polar surface area (TPSA) is 67.0 Å². The van der Waals surface area contributed by atoms with Crippen LogP contribution < -0.4 is 10.9 Å². The van der Waals surface area contributed by atoms with E-state index in [-0.39, 0.29) is 11.8 Å². The maximum Gasteiger partial charge on any atom is 0.336 e. The summed E-state index contributed by atoms with van der Waals surface area (Å²) in [4.78, 5) is 13.3. The molecular weight excluding hydrogens is 382 g/mol. The van der Waals surface area contributed by atoms with E-state index in [0.29, 0.717) is 18.0 Å². The van der Waals surface area contributed by atoms with E-state index >= 15 is 0 Å². The van der Waals surface area contributed by atoms with Crippen LogP contribution in [-0.4, -0.2) is 5.11 Å². The maximum absolute atomic E-state index is 12.0. The van der Waals surface area contributed by atoms with Crippen LogP contribution in [0.1, 0.15) is 47.4 Å². The van der Waals surface area contributed by atoms with Gasteiger partial charge in [0.1, 0.15) is 23.9 Å². The average Bonchev–Trinajstić information content (AvgIpc) is 3.22. The minimum Gasteiger partial charge on any atom is -0.508 e. The third-order valence-corrected chi connectivity index (χ3v) is 6.15. The SMILES string of the molecule is CC(C)c1ccc([C@H]([NH2+]Cc2cc(=O)oc3cc(O)ccc23)c2cccs2)cc1.